The van der Waals surface area contributed by atoms with Crippen LogP contribution in [0.25, 0.3) is 0 Å². The third-order valence-electron chi connectivity index (χ3n) is 4.33. The van der Waals surface area contributed by atoms with Crippen molar-refractivity contribution >= 4 is 17.6 Å². The smallest absolute Gasteiger partial charge is 0.335 e. The molecule has 5 heteroatoms. The number of benzene rings is 1. The molecule has 0 saturated carbocycles. The molecule has 0 aliphatic carbocycles. The Balaban J connectivity index is 2.60. The van der Waals surface area contributed by atoms with Crippen LogP contribution in [0.5, 0.6) is 5.75 Å². The largest absolute Gasteiger partial charge is 0.487 e. The number of aromatic carboxylic acids is 1. The maximum atomic E-state index is 11.3. The molecule has 0 heterocycles. The van der Waals surface area contributed by atoms with Crippen LogP contribution in [-0.4, -0.2) is 23.6 Å². The van der Waals surface area contributed by atoms with Gasteiger partial charge in [-0.15, -0.1) is 0 Å². The zero-order valence-corrected chi connectivity index (χ0v) is 18.2. The van der Waals surface area contributed by atoms with Crippen LogP contribution in [0, 0.1) is 0 Å². The number of allylic oxidation sites excluding steroid dienone is 5. The molecule has 0 aliphatic heterocycles. The van der Waals surface area contributed by atoms with Gasteiger partial charge in [0.15, 0.2) is 0 Å². The summed E-state index contributed by atoms with van der Waals surface area (Å²) in [5.41, 5.74) is 4.53. The molecule has 0 spiro atoms. The molecular weight excluding hydrogens is 366 g/mol. The fraction of sp³-hybridized carbons (Fsp3) is 0.417. The number of carbonyl (C=O) groups is 2. The van der Waals surface area contributed by atoms with Crippen LogP contribution in [0.4, 0.5) is 5.69 Å². The van der Waals surface area contributed by atoms with Gasteiger partial charge in [-0.2, -0.15) is 0 Å². The van der Waals surface area contributed by atoms with E-state index in [-0.39, 0.29) is 11.5 Å². The lowest BCUT2D eigenvalue weighted by atomic mass is 10.1. The standard InChI is InChI=1S/C24H33NO4/c1-17(2)8-6-9-18(3)10-7-11-19(4)14-15-29-23-16-21(24(27)28)12-13-22(23)25-20(5)26/h8,10,12-14,16H,6-7,9,11,15H2,1-5H3,(H,25,26)(H,27,28). The van der Waals surface area contributed by atoms with E-state index in [1.54, 1.807) is 6.07 Å². The molecule has 0 bridgehead atoms. The number of hydrogen-bond donors (Lipinski definition) is 2. The molecule has 2 N–H and O–H groups in total. The Hall–Kier alpha value is -2.82. The van der Waals surface area contributed by atoms with Crippen molar-refractivity contribution in [1.82, 2.24) is 0 Å². The Bertz CT molecular complexity index is 799. The van der Waals surface area contributed by atoms with Crippen LogP contribution in [0.15, 0.2) is 53.1 Å². The van der Waals surface area contributed by atoms with Gasteiger partial charge in [0.25, 0.3) is 0 Å². The van der Waals surface area contributed by atoms with E-state index in [0.717, 1.165) is 25.7 Å². The number of amides is 1. The van der Waals surface area contributed by atoms with Crippen molar-refractivity contribution in [2.45, 2.75) is 60.3 Å². The van der Waals surface area contributed by atoms with E-state index in [1.165, 1.54) is 35.8 Å². The summed E-state index contributed by atoms with van der Waals surface area (Å²) in [5, 5.41) is 11.8. The molecular formula is C24H33NO4. The first-order valence-electron chi connectivity index (χ1n) is 9.91. The van der Waals surface area contributed by atoms with Gasteiger partial charge in [-0.3, -0.25) is 4.79 Å². The van der Waals surface area contributed by atoms with Gasteiger partial charge in [0.1, 0.15) is 12.4 Å². The van der Waals surface area contributed by atoms with Gasteiger partial charge < -0.3 is 15.2 Å². The highest BCUT2D eigenvalue weighted by atomic mass is 16.5. The van der Waals surface area contributed by atoms with Crippen molar-refractivity contribution in [3.63, 3.8) is 0 Å². The molecule has 0 radical (unpaired) electrons. The predicted octanol–water partition coefficient (Wildman–Crippen LogP) is 6.14. The van der Waals surface area contributed by atoms with E-state index in [2.05, 4.69) is 45.2 Å². The number of rotatable bonds is 11. The number of carboxylic acid groups (broad SMARTS) is 1. The summed E-state index contributed by atoms with van der Waals surface area (Å²) in [7, 11) is 0. The van der Waals surface area contributed by atoms with Gasteiger partial charge in [0.2, 0.25) is 5.91 Å². The number of carbonyl (C=O) groups excluding carboxylic acids is 1. The Labute approximate surface area is 174 Å². The van der Waals surface area contributed by atoms with Crippen LogP contribution in [0.2, 0.25) is 0 Å². The maximum absolute atomic E-state index is 11.3. The molecule has 1 aromatic rings. The zero-order valence-electron chi connectivity index (χ0n) is 18.2. The summed E-state index contributed by atoms with van der Waals surface area (Å²) in [5.74, 6) is -0.932. The number of ether oxygens (including phenoxy) is 1. The average Bonchev–Trinajstić information content (AvgIpc) is 2.62. The minimum atomic E-state index is -1.04. The fourth-order valence-electron chi connectivity index (χ4n) is 2.68. The Morgan fingerprint density at radius 2 is 1.59 bits per heavy atom. The molecule has 1 amide bonds. The van der Waals surface area contributed by atoms with Crippen LogP contribution in [-0.2, 0) is 4.79 Å². The summed E-state index contributed by atoms with van der Waals surface area (Å²) < 4.78 is 5.73. The number of carboxylic acids is 1. The molecule has 0 saturated heterocycles. The first-order valence-corrected chi connectivity index (χ1v) is 9.91. The van der Waals surface area contributed by atoms with E-state index in [0.29, 0.717) is 18.0 Å². The van der Waals surface area contributed by atoms with Crippen molar-refractivity contribution in [2.75, 3.05) is 11.9 Å². The molecule has 0 unspecified atom stereocenters. The second kappa shape index (κ2) is 12.6. The predicted molar refractivity (Wildman–Crippen MR) is 119 cm³/mol. The SMILES string of the molecule is CC(=O)Nc1ccc(C(=O)O)cc1OCC=C(C)CCC=C(C)CCC=C(C)C. The first kappa shape index (κ1) is 24.2. The van der Waals surface area contributed by atoms with E-state index < -0.39 is 5.97 Å². The summed E-state index contributed by atoms with van der Waals surface area (Å²) in [4.78, 5) is 22.5. The normalized spacial score (nSPS) is 11.8. The topological polar surface area (TPSA) is 75.6 Å². The summed E-state index contributed by atoms with van der Waals surface area (Å²) in [6.45, 7) is 10.2. The average molecular weight is 400 g/mol. The van der Waals surface area contributed by atoms with Crippen LogP contribution < -0.4 is 10.1 Å². The zero-order chi connectivity index (χ0) is 21.8. The quantitative estimate of drug-likeness (QED) is 0.438. The highest BCUT2D eigenvalue weighted by Gasteiger charge is 2.10. The van der Waals surface area contributed by atoms with Crippen molar-refractivity contribution in [3.8, 4) is 5.75 Å². The second-order valence-corrected chi connectivity index (χ2v) is 7.47. The van der Waals surface area contributed by atoms with Crippen LogP contribution in [0.3, 0.4) is 0 Å². The molecule has 5 nitrogen and oxygen atoms in total. The number of hydrogen-bond acceptors (Lipinski definition) is 3. The lowest BCUT2D eigenvalue weighted by Crippen LogP contribution is -2.09. The van der Waals surface area contributed by atoms with Crippen molar-refractivity contribution in [2.24, 2.45) is 0 Å². The van der Waals surface area contributed by atoms with Gasteiger partial charge in [-0.25, -0.2) is 4.79 Å². The van der Waals surface area contributed by atoms with Gasteiger partial charge in [0, 0.05) is 6.92 Å². The molecule has 0 aromatic heterocycles. The molecule has 0 fully saturated rings. The molecule has 0 aliphatic rings. The van der Waals surface area contributed by atoms with E-state index in [4.69, 9.17) is 9.84 Å². The first-order chi connectivity index (χ1) is 13.7. The highest BCUT2D eigenvalue weighted by Crippen LogP contribution is 2.26. The van der Waals surface area contributed by atoms with Crippen molar-refractivity contribution in [3.05, 3.63) is 58.7 Å². The molecule has 0 atom stereocenters. The van der Waals surface area contributed by atoms with Gasteiger partial charge in [-0.1, -0.05) is 28.9 Å². The highest BCUT2D eigenvalue weighted by molar-refractivity contribution is 5.93. The summed E-state index contributed by atoms with van der Waals surface area (Å²) in [6, 6.07) is 4.41. The fourth-order valence-corrected chi connectivity index (χ4v) is 2.68. The van der Waals surface area contributed by atoms with Crippen molar-refractivity contribution in [1.29, 1.82) is 0 Å². The Kier molecular flexibility index (Phi) is 10.5. The third-order valence-corrected chi connectivity index (χ3v) is 4.33. The van der Waals surface area contributed by atoms with E-state index in [9.17, 15) is 9.59 Å². The Morgan fingerprint density at radius 1 is 0.966 bits per heavy atom. The second-order valence-electron chi connectivity index (χ2n) is 7.47. The molecule has 29 heavy (non-hydrogen) atoms. The summed E-state index contributed by atoms with van der Waals surface area (Å²) >= 11 is 0. The van der Waals surface area contributed by atoms with E-state index >= 15 is 0 Å². The van der Waals surface area contributed by atoms with E-state index in [1.807, 2.05) is 6.08 Å². The summed E-state index contributed by atoms with van der Waals surface area (Å²) in [6.07, 6.45) is 10.6. The monoisotopic (exact) mass is 399 g/mol. The number of anilines is 1. The minimum absolute atomic E-state index is 0.114. The third kappa shape index (κ3) is 10.3. The Morgan fingerprint density at radius 3 is 2.17 bits per heavy atom. The molecule has 1 aromatic carbocycles. The number of nitrogens with one attached hydrogen (secondary N) is 1. The molecule has 158 valence electrons. The van der Waals surface area contributed by atoms with Gasteiger partial charge in [0.05, 0.1) is 11.3 Å². The van der Waals surface area contributed by atoms with Crippen LogP contribution >= 0.6 is 0 Å². The van der Waals surface area contributed by atoms with Crippen LogP contribution in [0.1, 0.15) is 70.7 Å². The van der Waals surface area contributed by atoms with Crippen molar-refractivity contribution < 1.29 is 19.4 Å². The molecule has 1 rings (SSSR count). The lowest BCUT2D eigenvalue weighted by Gasteiger charge is -2.12. The van der Waals surface area contributed by atoms with Gasteiger partial charge >= 0.3 is 5.97 Å². The minimum Gasteiger partial charge on any atom is -0.487 e. The lowest BCUT2D eigenvalue weighted by molar-refractivity contribution is -0.114. The van der Waals surface area contributed by atoms with Gasteiger partial charge in [-0.05, 0) is 77.7 Å². The maximum Gasteiger partial charge on any atom is 0.335 e.